The van der Waals surface area contributed by atoms with E-state index in [4.69, 9.17) is 4.42 Å². The van der Waals surface area contributed by atoms with Gasteiger partial charge in [-0.3, -0.25) is 4.79 Å². The number of carbonyl (C=O) groups excluding carboxylic acids is 1. The summed E-state index contributed by atoms with van der Waals surface area (Å²) in [7, 11) is 1.73. The molecule has 0 aromatic carbocycles. The number of aryl methyl sites for hydroxylation is 1. The lowest BCUT2D eigenvalue weighted by molar-refractivity contribution is -0.119. The third-order valence-corrected chi connectivity index (χ3v) is 3.27. The maximum Gasteiger partial charge on any atom is 0.231 e. The molecule has 2 aromatic rings. The van der Waals surface area contributed by atoms with Gasteiger partial charge >= 0.3 is 0 Å². The monoisotopic (exact) mass is 267 g/mol. The second kappa shape index (κ2) is 5.67. The van der Waals surface area contributed by atoms with Gasteiger partial charge in [0.25, 0.3) is 0 Å². The number of nitrogens with zero attached hydrogens (tertiary/aromatic N) is 4. The fourth-order valence-corrected chi connectivity index (χ4v) is 2.03. The Morgan fingerprint density at radius 2 is 2.50 bits per heavy atom. The molecule has 7 nitrogen and oxygen atoms in total. The first-order valence-corrected chi connectivity index (χ1v) is 6.33. The Labute approximate surface area is 108 Å². The smallest absolute Gasteiger partial charge is 0.231 e. The highest BCUT2D eigenvalue weighted by molar-refractivity contribution is 7.99. The van der Waals surface area contributed by atoms with Crippen LogP contribution in [0.15, 0.2) is 28.0 Å². The zero-order valence-electron chi connectivity index (χ0n) is 10.0. The molecule has 0 radical (unpaired) electrons. The average molecular weight is 267 g/mol. The van der Waals surface area contributed by atoms with Crippen LogP contribution in [0.5, 0.6) is 0 Å². The molecule has 0 aliphatic heterocycles. The van der Waals surface area contributed by atoms with Gasteiger partial charge in [-0.05, 0) is 29.5 Å². The van der Waals surface area contributed by atoms with Crippen LogP contribution in [0, 0.1) is 0 Å². The van der Waals surface area contributed by atoms with Gasteiger partial charge in [0, 0.05) is 7.05 Å². The van der Waals surface area contributed by atoms with Crippen molar-refractivity contribution in [1.82, 2.24) is 25.5 Å². The standard InChI is InChI=1S/C10H13N5O2S/c1-7(8-4-3-5-17-8)11-9(16)6-18-10-12-13-14-15(10)2/h3-5,7H,6H2,1-2H3,(H,11,16). The second-order valence-electron chi connectivity index (χ2n) is 3.68. The third-order valence-electron chi connectivity index (χ3n) is 2.26. The van der Waals surface area contributed by atoms with E-state index in [0.717, 1.165) is 5.76 Å². The number of nitrogens with one attached hydrogen (secondary N) is 1. The minimum Gasteiger partial charge on any atom is -0.467 e. The van der Waals surface area contributed by atoms with E-state index >= 15 is 0 Å². The molecule has 0 saturated carbocycles. The number of tetrazole rings is 1. The van der Waals surface area contributed by atoms with Crippen molar-refractivity contribution < 1.29 is 9.21 Å². The molecule has 8 heteroatoms. The highest BCUT2D eigenvalue weighted by Gasteiger charge is 2.13. The fraction of sp³-hybridized carbons (Fsp3) is 0.400. The Bertz CT molecular complexity index is 510. The molecule has 0 bridgehead atoms. The van der Waals surface area contributed by atoms with Gasteiger partial charge in [0.1, 0.15) is 5.76 Å². The molecule has 1 N–H and O–H groups in total. The predicted octanol–water partition coefficient (Wildman–Crippen LogP) is 0.773. The van der Waals surface area contributed by atoms with Crippen LogP contribution in [0.3, 0.4) is 0 Å². The SMILES string of the molecule is CC(NC(=O)CSc1nnnn1C)c1ccco1. The first kappa shape index (κ1) is 12.6. The van der Waals surface area contributed by atoms with E-state index in [1.807, 2.05) is 13.0 Å². The topological polar surface area (TPSA) is 85.8 Å². The van der Waals surface area contributed by atoms with Crippen LogP contribution >= 0.6 is 11.8 Å². The largest absolute Gasteiger partial charge is 0.467 e. The van der Waals surface area contributed by atoms with Crippen LogP contribution in [-0.4, -0.2) is 31.9 Å². The summed E-state index contributed by atoms with van der Waals surface area (Å²) < 4.78 is 6.73. The van der Waals surface area contributed by atoms with E-state index in [1.54, 1.807) is 19.4 Å². The highest BCUT2D eigenvalue weighted by atomic mass is 32.2. The molecular weight excluding hydrogens is 254 g/mol. The zero-order valence-corrected chi connectivity index (χ0v) is 10.8. The van der Waals surface area contributed by atoms with Crippen molar-refractivity contribution in [3.63, 3.8) is 0 Å². The van der Waals surface area contributed by atoms with Crippen molar-refractivity contribution in [2.75, 3.05) is 5.75 Å². The quantitative estimate of drug-likeness (QED) is 0.805. The summed E-state index contributed by atoms with van der Waals surface area (Å²) in [5.74, 6) is 0.903. The molecule has 0 spiro atoms. The van der Waals surface area contributed by atoms with E-state index in [1.165, 1.54) is 16.4 Å². The van der Waals surface area contributed by atoms with Crippen LogP contribution in [-0.2, 0) is 11.8 Å². The van der Waals surface area contributed by atoms with E-state index in [2.05, 4.69) is 20.8 Å². The predicted molar refractivity (Wildman–Crippen MR) is 64.8 cm³/mol. The second-order valence-corrected chi connectivity index (χ2v) is 4.62. The van der Waals surface area contributed by atoms with E-state index < -0.39 is 0 Å². The summed E-state index contributed by atoms with van der Waals surface area (Å²) in [4.78, 5) is 11.7. The molecule has 2 aromatic heterocycles. The normalized spacial score (nSPS) is 12.3. The van der Waals surface area contributed by atoms with Gasteiger partial charge in [0.15, 0.2) is 0 Å². The third kappa shape index (κ3) is 3.10. The fourth-order valence-electron chi connectivity index (χ4n) is 1.37. The van der Waals surface area contributed by atoms with Gasteiger partial charge < -0.3 is 9.73 Å². The van der Waals surface area contributed by atoms with Crippen molar-refractivity contribution in [2.24, 2.45) is 7.05 Å². The Balaban J connectivity index is 1.81. The van der Waals surface area contributed by atoms with Gasteiger partial charge in [-0.2, -0.15) is 0 Å². The van der Waals surface area contributed by atoms with Gasteiger partial charge in [0.2, 0.25) is 11.1 Å². The number of thioether (sulfide) groups is 1. The maximum absolute atomic E-state index is 11.7. The molecule has 0 fully saturated rings. The Hall–Kier alpha value is -1.83. The molecule has 1 unspecified atom stereocenters. The van der Waals surface area contributed by atoms with E-state index in [9.17, 15) is 4.79 Å². The van der Waals surface area contributed by atoms with E-state index in [0.29, 0.717) is 5.16 Å². The summed E-state index contributed by atoms with van der Waals surface area (Å²) in [6.45, 7) is 1.87. The molecule has 96 valence electrons. The van der Waals surface area contributed by atoms with Crippen LogP contribution in [0.1, 0.15) is 18.7 Å². The summed E-state index contributed by atoms with van der Waals surface area (Å²) in [5.41, 5.74) is 0. The van der Waals surface area contributed by atoms with Crippen LogP contribution in [0.25, 0.3) is 0 Å². The van der Waals surface area contributed by atoms with Crippen molar-refractivity contribution in [3.05, 3.63) is 24.2 Å². The van der Waals surface area contributed by atoms with Crippen molar-refractivity contribution in [1.29, 1.82) is 0 Å². The van der Waals surface area contributed by atoms with Crippen molar-refractivity contribution in [2.45, 2.75) is 18.1 Å². The molecule has 1 atom stereocenters. The number of furan rings is 1. The van der Waals surface area contributed by atoms with Crippen LogP contribution < -0.4 is 5.32 Å². The number of aromatic nitrogens is 4. The molecule has 0 aliphatic carbocycles. The molecule has 1 amide bonds. The molecular formula is C10H13N5O2S. The first-order chi connectivity index (χ1) is 8.66. The number of hydrogen-bond donors (Lipinski definition) is 1. The lowest BCUT2D eigenvalue weighted by Crippen LogP contribution is -2.28. The lowest BCUT2D eigenvalue weighted by atomic mass is 10.2. The number of amides is 1. The molecule has 18 heavy (non-hydrogen) atoms. The van der Waals surface area contributed by atoms with Gasteiger partial charge in [-0.1, -0.05) is 11.8 Å². The molecule has 0 aliphatic rings. The molecule has 2 rings (SSSR count). The minimum atomic E-state index is -0.147. The zero-order chi connectivity index (χ0) is 13.0. The van der Waals surface area contributed by atoms with Gasteiger partial charge in [-0.15, -0.1) is 5.10 Å². The minimum absolute atomic E-state index is 0.0908. The lowest BCUT2D eigenvalue weighted by Gasteiger charge is -2.10. The summed E-state index contributed by atoms with van der Waals surface area (Å²) in [6, 6.07) is 3.47. The molecule has 0 saturated heterocycles. The summed E-state index contributed by atoms with van der Waals surface area (Å²) in [5, 5.41) is 14.4. The number of rotatable bonds is 5. The Morgan fingerprint density at radius 1 is 1.67 bits per heavy atom. The van der Waals surface area contributed by atoms with Gasteiger partial charge in [-0.25, -0.2) is 4.68 Å². The number of hydrogen-bond acceptors (Lipinski definition) is 6. The maximum atomic E-state index is 11.7. The van der Waals surface area contributed by atoms with Crippen molar-refractivity contribution >= 4 is 17.7 Å². The summed E-state index contributed by atoms with van der Waals surface area (Å²) in [6.07, 6.45) is 1.58. The highest BCUT2D eigenvalue weighted by Crippen LogP contribution is 2.14. The average Bonchev–Trinajstić information content (AvgIpc) is 2.97. The Kier molecular flexibility index (Phi) is 3.98. The van der Waals surface area contributed by atoms with Gasteiger partial charge in [0.05, 0.1) is 18.1 Å². The van der Waals surface area contributed by atoms with Crippen molar-refractivity contribution in [3.8, 4) is 0 Å². The first-order valence-electron chi connectivity index (χ1n) is 5.34. The molecule has 2 heterocycles. The van der Waals surface area contributed by atoms with E-state index in [-0.39, 0.29) is 17.7 Å². The number of carbonyl (C=O) groups is 1. The summed E-state index contributed by atoms with van der Waals surface area (Å²) >= 11 is 1.29. The van der Waals surface area contributed by atoms with Crippen LogP contribution in [0.2, 0.25) is 0 Å². The Morgan fingerprint density at radius 3 is 3.11 bits per heavy atom. The van der Waals surface area contributed by atoms with Crippen LogP contribution in [0.4, 0.5) is 0 Å².